The number of carbonyl (C=O) groups is 1. The zero-order chi connectivity index (χ0) is 20.3. The van der Waals surface area contributed by atoms with Crippen molar-refractivity contribution in [2.24, 2.45) is 4.99 Å². The number of carbonyl (C=O) groups excluding carboxylic acids is 1. The minimum absolute atomic E-state index is 0. The third-order valence-electron chi connectivity index (χ3n) is 5.49. The van der Waals surface area contributed by atoms with Crippen molar-refractivity contribution in [2.45, 2.75) is 37.3 Å². The highest BCUT2D eigenvalue weighted by Crippen LogP contribution is 2.43. The highest BCUT2D eigenvalue weighted by molar-refractivity contribution is 14.0. The van der Waals surface area contributed by atoms with Gasteiger partial charge in [0, 0.05) is 57.8 Å². The molecule has 0 aromatic heterocycles. The number of halogens is 3. The van der Waals surface area contributed by atoms with E-state index in [9.17, 15) is 13.6 Å². The lowest BCUT2D eigenvalue weighted by molar-refractivity contribution is -0.130. The summed E-state index contributed by atoms with van der Waals surface area (Å²) >= 11 is 0. The number of likely N-dealkylation sites (N-methyl/N-ethyl adjacent to an activating group) is 1. The van der Waals surface area contributed by atoms with E-state index in [1.165, 1.54) is 18.2 Å². The third-order valence-corrected chi connectivity index (χ3v) is 5.49. The zero-order valence-corrected chi connectivity index (χ0v) is 19.5. The predicted octanol–water partition coefficient (Wildman–Crippen LogP) is 2.16. The van der Waals surface area contributed by atoms with Crippen LogP contribution in [0.15, 0.2) is 23.2 Å². The second kappa shape index (κ2) is 10.5. The van der Waals surface area contributed by atoms with Crippen molar-refractivity contribution < 1.29 is 13.6 Å². The van der Waals surface area contributed by atoms with E-state index in [0.29, 0.717) is 18.9 Å². The summed E-state index contributed by atoms with van der Waals surface area (Å²) in [7, 11) is 5.23. The van der Waals surface area contributed by atoms with Crippen LogP contribution in [0.1, 0.15) is 30.7 Å². The maximum atomic E-state index is 13.9. The Morgan fingerprint density at radius 1 is 1.21 bits per heavy atom. The van der Waals surface area contributed by atoms with Crippen LogP contribution in [0.25, 0.3) is 0 Å². The van der Waals surface area contributed by atoms with Gasteiger partial charge in [0.2, 0.25) is 5.91 Å². The van der Waals surface area contributed by atoms with Crippen LogP contribution in [0, 0.1) is 11.6 Å². The Balaban J connectivity index is 0.00000300. The number of guanidine groups is 1. The van der Waals surface area contributed by atoms with Gasteiger partial charge in [0.15, 0.2) is 5.96 Å². The molecule has 1 aromatic rings. The molecule has 9 heteroatoms. The van der Waals surface area contributed by atoms with Crippen molar-refractivity contribution in [2.75, 3.05) is 40.8 Å². The molecule has 6 nitrogen and oxygen atoms in total. The van der Waals surface area contributed by atoms with Gasteiger partial charge in [-0.3, -0.25) is 14.7 Å². The van der Waals surface area contributed by atoms with E-state index < -0.39 is 11.6 Å². The highest BCUT2D eigenvalue weighted by Gasteiger charge is 2.42. The van der Waals surface area contributed by atoms with Crippen LogP contribution in [0.2, 0.25) is 0 Å². The molecule has 1 aliphatic heterocycles. The fourth-order valence-electron chi connectivity index (χ4n) is 3.65. The SMILES string of the molecule is CN=C(NC1CCN(CC(=O)N(C)C)CC1)NC1CC1c1c(F)cccc1F.I. The molecule has 1 saturated carbocycles. The maximum Gasteiger partial charge on any atom is 0.236 e. The molecule has 2 atom stereocenters. The van der Waals surface area contributed by atoms with Crippen molar-refractivity contribution in [3.05, 3.63) is 35.4 Å². The monoisotopic (exact) mass is 521 g/mol. The Labute approximate surface area is 188 Å². The third kappa shape index (κ3) is 6.24. The molecule has 162 valence electrons. The quantitative estimate of drug-likeness (QED) is 0.355. The first-order chi connectivity index (χ1) is 13.4. The van der Waals surface area contributed by atoms with Gasteiger partial charge in [-0.1, -0.05) is 6.07 Å². The number of aliphatic imine (C=N–C) groups is 1. The van der Waals surface area contributed by atoms with Crippen molar-refractivity contribution in [3.8, 4) is 0 Å². The molecule has 2 aliphatic rings. The lowest BCUT2D eigenvalue weighted by Crippen LogP contribution is -2.50. The van der Waals surface area contributed by atoms with E-state index in [1.807, 2.05) is 0 Å². The molecule has 1 saturated heterocycles. The number of hydrogen-bond donors (Lipinski definition) is 2. The van der Waals surface area contributed by atoms with Gasteiger partial charge < -0.3 is 15.5 Å². The second-order valence-electron chi connectivity index (χ2n) is 7.78. The summed E-state index contributed by atoms with van der Waals surface area (Å²) in [6, 6.07) is 4.23. The van der Waals surface area contributed by atoms with Gasteiger partial charge in [0.1, 0.15) is 11.6 Å². The Hall–Kier alpha value is -1.49. The van der Waals surface area contributed by atoms with Crippen molar-refractivity contribution >= 4 is 35.8 Å². The normalized spacial score (nSPS) is 22.6. The summed E-state index contributed by atoms with van der Waals surface area (Å²) in [5.41, 5.74) is 0.161. The average molecular weight is 521 g/mol. The van der Waals surface area contributed by atoms with Crippen molar-refractivity contribution in [1.82, 2.24) is 20.4 Å². The van der Waals surface area contributed by atoms with Crippen LogP contribution >= 0.6 is 24.0 Å². The number of hydrogen-bond acceptors (Lipinski definition) is 3. The van der Waals surface area contributed by atoms with Gasteiger partial charge in [0.25, 0.3) is 0 Å². The number of nitrogens with zero attached hydrogens (tertiary/aromatic N) is 3. The summed E-state index contributed by atoms with van der Waals surface area (Å²) in [6.07, 6.45) is 2.51. The molecular formula is C20H30F2IN5O. The number of rotatable bonds is 5. The Kier molecular flexibility index (Phi) is 8.62. The number of amides is 1. The molecule has 29 heavy (non-hydrogen) atoms. The molecular weight excluding hydrogens is 491 g/mol. The molecule has 1 aliphatic carbocycles. The standard InChI is InChI=1S/C20H29F2N5O.HI/c1-23-20(24-13-7-9-27(10-8-13)12-18(28)26(2)3)25-17-11-14(17)19-15(21)5-4-6-16(19)22;/h4-6,13-14,17H,7-12H2,1-3H3,(H2,23,24,25);1H. The van der Waals surface area contributed by atoms with Gasteiger partial charge in [-0.2, -0.15) is 0 Å². The maximum absolute atomic E-state index is 13.9. The molecule has 2 N–H and O–H groups in total. The van der Waals surface area contributed by atoms with Crippen LogP contribution < -0.4 is 10.6 Å². The second-order valence-corrected chi connectivity index (χ2v) is 7.78. The van der Waals surface area contributed by atoms with E-state index in [-0.39, 0.29) is 53.4 Å². The molecule has 3 rings (SSSR count). The molecule has 0 bridgehead atoms. The number of nitrogens with one attached hydrogen (secondary N) is 2. The van der Waals surface area contributed by atoms with Crippen molar-refractivity contribution in [1.29, 1.82) is 0 Å². The minimum Gasteiger partial charge on any atom is -0.354 e. The van der Waals surface area contributed by atoms with Crippen LogP contribution in [-0.2, 0) is 4.79 Å². The van der Waals surface area contributed by atoms with Gasteiger partial charge in [-0.25, -0.2) is 8.78 Å². The largest absolute Gasteiger partial charge is 0.354 e. The fourth-order valence-corrected chi connectivity index (χ4v) is 3.65. The molecule has 1 aromatic carbocycles. The van der Waals surface area contributed by atoms with E-state index >= 15 is 0 Å². The van der Waals surface area contributed by atoms with E-state index in [4.69, 9.17) is 0 Å². The van der Waals surface area contributed by atoms with Gasteiger partial charge >= 0.3 is 0 Å². The highest BCUT2D eigenvalue weighted by atomic mass is 127. The first kappa shape index (κ1) is 23.8. The molecule has 2 unspecified atom stereocenters. The topological polar surface area (TPSA) is 60.0 Å². The smallest absolute Gasteiger partial charge is 0.236 e. The summed E-state index contributed by atoms with van der Waals surface area (Å²) in [5, 5.41) is 6.68. The fraction of sp³-hybridized carbons (Fsp3) is 0.600. The Morgan fingerprint density at radius 3 is 2.38 bits per heavy atom. The number of likely N-dealkylation sites (tertiary alicyclic amines) is 1. The molecule has 0 spiro atoms. The summed E-state index contributed by atoms with van der Waals surface area (Å²) in [6.45, 7) is 2.14. The van der Waals surface area contributed by atoms with E-state index in [1.54, 1.807) is 26.0 Å². The van der Waals surface area contributed by atoms with E-state index in [2.05, 4.69) is 20.5 Å². The van der Waals surface area contributed by atoms with Gasteiger partial charge in [-0.15, -0.1) is 24.0 Å². The number of benzene rings is 1. The van der Waals surface area contributed by atoms with Crippen LogP contribution in [0.4, 0.5) is 8.78 Å². The molecule has 1 amide bonds. The molecule has 2 fully saturated rings. The van der Waals surface area contributed by atoms with Gasteiger partial charge in [0.05, 0.1) is 6.54 Å². The predicted molar refractivity (Wildman–Crippen MR) is 121 cm³/mol. The molecule has 1 heterocycles. The van der Waals surface area contributed by atoms with Crippen LogP contribution in [-0.4, -0.2) is 74.5 Å². The minimum atomic E-state index is -0.489. The zero-order valence-electron chi connectivity index (χ0n) is 17.1. The van der Waals surface area contributed by atoms with Crippen molar-refractivity contribution in [3.63, 3.8) is 0 Å². The van der Waals surface area contributed by atoms with Crippen LogP contribution in [0.5, 0.6) is 0 Å². The summed E-state index contributed by atoms with van der Waals surface area (Å²) in [5.74, 6) is -0.372. The number of piperidine rings is 1. The lowest BCUT2D eigenvalue weighted by Gasteiger charge is -2.33. The Bertz CT molecular complexity index is 717. The first-order valence-electron chi connectivity index (χ1n) is 9.75. The van der Waals surface area contributed by atoms with E-state index in [0.717, 1.165) is 25.9 Å². The lowest BCUT2D eigenvalue weighted by atomic mass is 10.1. The molecule has 0 radical (unpaired) electrons. The van der Waals surface area contributed by atoms with Crippen LogP contribution in [0.3, 0.4) is 0 Å². The summed E-state index contributed by atoms with van der Waals surface area (Å²) < 4.78 is 27.9. The first-order valence-corrected chi connectivity index (χ1v) is 9.75. The van der Waals surface area contributed by atoms with Gasteiger partial charge in [-0.05, 0) is 31.4 Å². The average Bonchev–Trinajstić information content (AvgIpc) is 3.41. The Morgan fingerprint density at radius 2 is 1.83 bits per heavy atom. The summed E-state index contributed by atoms with van der Waals surface area (Å²) in [4.78, 5) is 19.9.